The van der Waals surface area contributed by atoms with Crippen LogP contribution in [0.4, 0.5) is 0 Å². The van der Waals surface area contributed by atoms with Crippen LogP contribution in [0.15, 0.2) is 36.7 Å². The summed E-state index contributed by atoms with van der Waals surface area (Å²) >= 11 is 0. The van der Waals surface area contributed by atoms with Gasteiger partial charge in [0.25, 0.3) is 0 Å². The maximum atomic E-state index is 5.80. The molecule has 112 valence electrons. The summed E-state index contributed by atoms with van der Waals surface area (Å²) in [6.45, 7) is 6.96. The van der Waals surface area contributed by atoms with Crippen LogP contribution in [0.25, 0.3) is 0 Å². The van der Waals surface area contributed by atoms with Crippen LogP contribution in [0, 0.1) is 0 Å². The normalized spacial score (nSPS) is 18.9. The second-order valence-electron chi connectivity index (χ2n) is 5.39. The van der Waals surface area contributed by atoms with Crippen molar-refractivity contribution in [3.8, 4) is 5.75 Å². The van der Waals surface area contributed by atoms with Crippen LogP contribution in [0.3, 0.4) is 0 Å². The summed E-state index contributed by atoms with van der Waals surface area (Å²) in [4.78, 5) is 4.61. The van der Waals surface area contributed by atoms with Gasteiger partial charge in [0.2, 0.25) is 0 Å². The number of nitrogens with one attached hydrogen (secondary N) is 1. The van der Waals surface area contributed by atoms with Gasteiger partial charge < -0.3 is 14.6 Å². The van der Waals surface area contributed by atoms with Crippen molar-refractivity contribution >= 4 is 0 Å². The minimum atomic E-state index is 0.231. The van der Waals surface area contributed by atoms with Crippen molar-refractivity contribution in [2.45, 2.75) is 38.8 Å². The Balaban J connectivity index is 1.99. The van der Waals surface area contributed by atoms with E-state index in [0.29, 0.717) is 5.92 Å². The van der Waals surface area contributed by atoms with E-state index in [2.05, 4.69) is 53.1 Å². The first kappa shape index (κ1) is 14.1. The number of likely N-dealkylation sites (N-methyl/N-ethyl adjacent to an activating group) is 1. The van der Waals surface area contributed by atoms with Gasteiger partial charge in [-0.3, -0.25) is 0 Å². The zero-order chi connectivity index (χ0) is 14.7. The highest BCUT2D eigenvalue weighted by Gasteiger charge is 2.31. The van der Waals surface area contributed by atoms with Crippen LogP contribution in [0.5, 0.6) is 5.75 Å². The van der Waals surface area contributed by atoms with Crippen LogP contribution < -0.4 is 10.1 Å². The summed E-state index contributed by atoms with van der Waals surface area (Å²) in [6, 6.07) is 8.61. The van der Waals surface area contributed by atoms with Gasteiger partial charge in [-0.25, -0.2) is 4.98 Å². The van der Waals surface area contributed by atoms with Crippen molar-refractivity contribution in [1.29, 1.82) is 0 Å². The zero-order valence-corrected chi connectivity index (χ0v) is 12.7. The second-order valence-corrected chi connectivity index (χ2v) is 5.39. The summed E-state index contributed by atoms with van der Waals surface area (Å²) in [5.74, 6) is 2.55. The quantitative estimate of drug-likeness (QED) is 0.917. The lowest BCUT2D eigenvalue weighted by molar-refractivity contribution is 0.242. The fraction of sp³-hybridized carbons (Fsp3) is 0.471. The van der Waals surface area contributed by atoms with Crippen LogP contribution in [0.1, 0.15) is 43.6 Å². The molecule has 3 rings (SSSR count). The number of aromatic nitrogens is 2. The molecule has 4 heteroatoms. The standard InChI is InChI=1S/C17H23N3O/c1-3-18-16(17-19-10-11-20(17)4-2)14-9-12-21-15-8-6-5-7-13(14)15/h5-8,10-11,14,16,18H,3-4,9,12H2,1-2H3. The van der Waals surface area contributed by atoms with E-state index in [-0.39, 0.29) is 6.04 Å². The molecule has 0 saturated carbocycles. The molecule has 1 aliphatic rings. The van der Waals surface area contributed by atoms with Gasteiger partial charge >= 0.3 is 0 Å². The van der Waals surface area contributed by atoms with E-state index in [4.69, 9.17) is 4.74 Å². The maximum absolute atomic E-state index is 5.80. The molecule has 1 N–H and O–H groups in total. The van der Waals surface area contributed by atoms with Gasteiger partial charge in [-0.05, 0) is 31.5 Å². The van der Waals surface area contributed by atoms with E-state index in [9.17, 15) is 0 Å². The number of fused-ring (bicyclic) bond motifs is 1. The van der Waals surface area contributed by atoms with E-state index in [0.717, 1.165) is 37.7 Å². The highest BCUT2D eigenvalue weighted by atomic mass is 16.5. The predicted octanol–water partition coefficient (Wildman–Crippen LogP) is 3.12. The number of benzene rings is 1. The van der Waals surface area contributed by atoms with Crippen molar-refractivity contribution in [2.24, 2.45) is 0 Å². The lowest BCUT2D eigenvalue weighted by Gasteiger charge is -2.32. The molecular weight excluding hydrogens is 262 g/mol. The highest BCUT2D eigenvalue weighted by Crippen LogP contribution is 2.40. The molecule has 4 nitrogen and oxygen atoms in total. The molecule has 1 aromatic heterocycles. The van der Waals surface area contributed by atoms with Gasteiger partial charge in [-0.15, -0.1) is 0 Å². The molecule has 1 aromatic carbocycles. The smallest absolute Gasteiger partial charge is 0.126 e. The van der Waals surface area contributed by atoms with E-state index < -0.39 is 0 Å². The minimum absolute atomic E-state index is 0.231. The van der Waals surface area contributed by atoms with E-state index in [1.54, 1.807) is 0 Å². The van der Waals surface area contributed by atoms with Crippen LogP contribution in [0.2, 0.25) is 0 Å². The predicted molar refractivity (Wildman–Crippen MR) is 83.6 cm³/mol. The number of imidazole rings is 1. The Kier molecular flexibility index (Phi) is 4.25. The van der Waals surface area contributed by atoms with Crippen molar-refractivity contribution < 1.29 is 4.74 Å². The average molecular weight is 285 g/mol. The minimum Gasteiger partial charge on any atom is -0.493 e. The largest absolute Gasteiger partial charge is 0.493 e. The molecule has 2 unspecified atom stereocenters. The third-order valence-electron chi connectivity index (χ3n) is 4.20. The number of nitrogens with zero attached hydrogens (tertiary/aromatic N) is 2. The van der Waals surface area contributed by atoms with Crippen LogP contribution in [-0.2, 0) is 6.54 Å². The molecule has 0 aliphatic carbocycles. The van der Waals surface area contributed by atoms with Gasteiger partial charge in [-0.1, -0.05) is 25.1 Å². The van der Waals surface area contributed by atoms with Crippen molar-refractivity contribution in [1.82, 2.24) is 14.9 Å². The highest BCUT2D eigenvalue weighted by molar-refractivity contribution is 5.39. The first-order valence-corrected chi connectivity index (χ1v) is 7.81. The topological polar surface area (TPSA) is 39.1 Å². The number of hydrogen-bond donors (Lipinski definition) is 1. The van der Waals surface area contributed by atoms with E-state index in [1.807, 2.05) is 12.3 Å². The summed E-state index contributed by atoms with van der Waals surface area (Å²) < 4.78 is 8.03. The SMILES string of the molecule is CCNC(c1nccn1CC)C1CCOc2ccccc21. The van der Waals surface area contributed by atoms with Crippen molar-refractivity contribution in [3.05, 3.63) is 48.0 Å². The lowest BCUT2D eigenvalue weighted by Crippen LogP contribution is -2.32. The second kappa shape index (κ2) is 6.31. The molecule has 1 aliphatic heterocycles. The van der Waals surface area contributed by atoms with Gasteiger partial charge in [0.05, 0.1) is 12.6 Å². The fourth-order valence-electron chi connectivity index (χ4n) is 3.22. The summed E-state index contributed by atoms with van der Waals surface area (Å²) in [7, 11) is 0. The van der Waals surface area contributed by atoms with Crippen LogP contribution >= 0.6 is 0 Å². The molecule has 2 heterocycles. The Labute approximate surface area is 126 Å². The van der Waals surface area contributed by atoms with Crippen molar-refractivity contribution in [3.63, 3.8) is 0 Å². The number of ether oxygens (including phenoxy) is 1. The molecule has 0 spiro atoms. The maximum Gasteiger partial charge on any atom is 0.126 e. The van der Waals surface area contributed by atoms with Crippen LogP contribution in [-0.4, -0.2) is 22.7 Å². The average Bonchev–Trinajstić information content (AvgIpc) is 3.00. The third kappa shape index (κ3) is 2.68. The molecule has 2 atom stereocenters. The number of hydrogen-bond acceptors (Lipinski definition) is 3. The fourth-order valence-corrected chi connectivity index (χ4v) is 3.22. The van der Waals surface area contributed by atoms with Gasteiger partial charge in [-0.2, -0.15) is 0 Å². The van der Waals surface area contributed by atoms with Gasteiger partial charge in [0.1, 0.15) is 11.6 Å². The first-order chi connectivity index (χ1) is 10.3. The molecular formula is C17H23N3O. The lowest BCUT2D eigenvalue weighted by atomic mass is 9.86. The summed E-state index contributed by atoms with van der Waals surface area (Å²) in [5, 5.41) is 3.63. The van der Waals surface area contributed by atoms with E-state index in [1.165, 1.54) is 5.56 Å². The third-order valence-corrected chi connectivity index (χ3v) is 4.20. The molecule has 0 fully saturated rings. The number of rotatable bonds is 5. The summed E-state index contributed by atoms with van der Waals surface area (Å²) in [6.07, 6.45) is 4.98. The van der Waals surface area contributed by atoms with Gasteiger partial charge in [0.15, 0.2) is 0 Å². The first-order valence-electron chi connectivity index (χ1n) is 7.81. The Morgan fingerprint density at radius 3 is 3.05 bits per heavy atom. The Bertz CT molecular complexity index is 593. The Hall–Kier alpha value is -1.81. The molecule has 21 heavy (non-hydrogen) atoms. The molecule has 0 saturated heterocycles. The summed E-state index contributed by atoms with van der Waals surface area (Å²) in [5.41, 5.74) is 1.29. The molecule has 0 amide bonds. The van der Waals surface area contributed by atoms with E-state index >= 15 is 0 Å². The molecule has 2 aromatic rings. The van der Waals surface area contributed by atoms with Gasteiger partial charge in [0, 0.05) is 24.9 Å². The van der Waals surface area contributed by atoms with Crippen molar-refractivity contribution in [2.75, 3.05) is 13.2 Å². The molecule has 0 radical (unpaired) electrons. The monoisotopic (exact) mass is 285 g/mol. The Morgan fingerprint density at radius 2 is 2.24 bits per heavy atom. The Morgan fingerprint density at radius 1 is 1.38 bits per heavy atom. The number of para-hydroxylation sites is 1. The number of aryl methyl sites for hydroxylation is 1. The zero-order valence-electron chi connectivity index (χ0n) is 12.7. The molecule has 0 bridgehead atoms.